The molecule has 1 aromatic carbocycles. The molecule has 0 aromatic heterocycles. The Kier molecular flexibility index (Phi) is 5.11. The first-order chi connectivity index (χ1) is 8.93. The van der Waals surface area contributed by atoms with Crippen LogP contribution in [0.25, 0.3) is 6.08 Å². The highest BCUT2D eigenvalue weighted by atomic mass is 16.5. The quantitative estimate of drug-likeness (QED) is 0.495. The van der Waals surface area contributed by atoms with E-state index in [2.05, 4.69) is 5.32 Å². The number of rotatable bonds is 4. The number of benzene rings is 1. The minimum atomic E-state index is -0.355. The number of ether oxygens (including phenoxy) is 1. The summed E-state index contributed by atoms with van der Waals surface area (Å²) in [5, 5.41) is 2.62. The van der Waals surface area contributed by atoms with Gasteiger partial charge in [-0.25, -0.2) is 4.79 Å². The van der Waals surface area contributed by atoms with Crippen LogP contribution < -0.4 is 11.1 Å². The molecule has 19 heavy (non-hydrogen) atoms. The lowest BCUT2D eigenvalue weighted by atomic mass is 10.1. The van der Waals surface area contributed by atoms with Crippen LogP contribution in [0.5, 0.6) is 0 Å². The van der Waals surface area contributed by atoms with Gasteiger partial charge in [0, 0.05) is 12.5 Å². The normalized spacial score (nSPS) is 11.0. The Balaban J connectivity index is 2.92. The SMILES string of the molecule is CCOC(=O)/C(C)=C/c1ccc(NC(C)=O)c(N)c1. The van der Waals surface area contributed by atoms with Gasteiger partial charge in [0.2, 0.25) is 5.91 Å². The molecular formula is C14H18N2O3. The first-order valence-electron chi connectivity index (χ1n) is 5.96. The largest absolute Gasteiger partial charge is 0.463 e. The Hall–Kier alpha value is -2.30. The van der Waals surface area contributed by atoms with Gasteiger partial charge in [0.25, 0.3) is 0 Å². The van der Waals surface area contributed by atoms with Crippen LogP contribution in [0.2, 0.25) is 0 Å². The summed E-state index contributed by atoms with van der Waals surface area (Å²) < 4.78 is 4.89. The van der Waals surface area contributed by atoms with Gasteiger partial charge in [-0.1, -0.05) is 6.07 Å². The van der Waals surface area contributed by atoms with Crippen molar-refractivity contribution in [3.63, 3.8) is 0 Å². The van der Waals surface area contributed by atoms with Crippen LogP contribution in [0.15, 0.2) is 23.8 Å². The molecule has 0 spiro atoms. The number of carbonyl (C=O) groups excluding carboxylic acids is 2. The molecule has 1 aromatic rings. The molecule has 0 aliphatic carbocycles. The molecule has 0 bridgehead atoms. The van der Waals surface area contributed by atoms with Gasteiger partial charge in [0.15, 0.2) is 0 Å². The molecule has 0 aliphatic rings. The fraction of sp³-hybridized carbons (Fsp3) is 0.286. The van der Waals surface area contributed by atoms with Crippen molar-refractivity contribution in [2.75, 3.05) is 17.7 Å². The second-order valence-electron chi connectivity index (χ2n) is 4.08. The topological polar surface area (TPSA) is 81.4 Å². The Morgan fingerprint density at radius 2 is 2.05 bits per heavy atom. The number of anilines is 2. The van der Waals surface area contributed by atoms with E-state index < -0.39 is 0 Å². The number of nitrogens with one attached hydrogen (secondary N) is 1. The molecule has 1 rings (SSSR count). The number of amides is 1. The molecule has 0 fully saturated rings. The molecule has 0 saturated carbocycles. The molecule has 0 unspecified atom stereocenters. The fourth-order valence-electron chi connectivity index (χ4n) is 1.53. The minimum Gasteiger partial charge on any atom is -0.463 e. The molecule has 0 heterocycles. The first-order valence-corrected chi connectivity index (χ1v) is 5.96. The Morgan fingerprint density at radius 3 is 2.58 bits per heavy atom. The molecular weight excluding hydrogens is 244 g/mol. The zero-order valence-corrected chi connectivity index (χ0v) is 11.3. The standard InChI is InChI=1S/C14H18N2O3/c1-4-19-14(18)9(2)7-11-5-6-13(12(15)8-11)16-10(3)17/h5-8H,4,15H2,1-3H3,(H,16,17)/b9-7+. The van der Waals surface area contributed by atoms with Crippen LogP contribution in [0.1, 0.15) is 26.3 Å². The third-order valence-electron chi connectivity index (χ3n) is 2.37. The Labute approximate surface area is 112 Å². The number of nitrogens with two attached hydrogens (primary N) is 1. The van der Waals surface area contributed by atoms with E-state index in [1.54, 1.807) is 38.1 Å². The van der Waals surface area contributed by atoms with Gasteiger partial charge >= 0.3 is 5.97 Å². The summed E-state index contributed by atoms with van der Waals surface area (Å²) in [5.41, 5.74) is 8.09. The summed E-state index contributed by atoms with van der Waals surface area (Å²) in [6.07, 6.45) is 1.69. The van der Waals surface area contributed by atoms with Crippen LogP contribution in [0.4, 0.5) is 11.4 Å². The highest BCUT2D eigenvalue weighted by Gasteiger charge is 2.06. The van der Waals surface area contributed by atoms with Crippen molar-refractivity contribution in [1.82, 2.24) is 0 Å². The van der Waals surface area contributed by atoms with E-state index in [0.29, 0.717) is 23.6 Å². The number of carbonyl (C=O) groups is 2. The van der Waals surface area contributed by atoms with E-state index in [4.69, 9.17) is 10.5 Å². The average molecular weight is 262 g/mol. The summed E-state index contributed by atoms with van der Waals surface area (Å²) in [6.45, 7) is 5.19. The third-order valence-corrected chi connectivity index (χ3v) is 2.37. The van der Waals surface area contributed by atoms with E-state index in [-0.39, 0.29) is 11.9 Å². The zero-order valence-electron chi connectivity index (χ0n) is 11.3. The van der Waals surface area contributed by atoms with Crippen LogP contribution in [-0.4, -0.2) is 18.5 Å². The molecule has 0 atom stereocenters. The van der Waals surface area contributed by atoms with Crippen LogP contribution in [0.3, 0.4) is 0 Å². The van der Waals surface area contributed by atoms with Crippen LogP contribution in [-0.2, 0) is 14.3 Å². The maximum atomic E-state index is 11.5. The second-order valence-corrected chi connectivity index (χ2v) is 4.08. The van der Waals surface area contributed by atoms with Gasteiger partial charge in [-0.2, -0.15) is 0 Å². The van der Waals surface area contributed by atoms with Gasteiger partial charge in [0.1, 0.15) is 0 Å². The molecule has 5 heteroatoms. The average Bonchev–Trinajstić information content (AvgIpc) is 2.32. The van der Waals surface area contributed by atoms with Gasteiger partial charge in [-0.3, -0.25) is 4.79 Å². The Morgan fingerprint density at radius 1 is 1.37 bits per heavy atom. The number of nitrogen functional groups attached to an aromatic ring is 1. The predicted octanol–water partition coefficient (Wildman–Crippen LogP) is 2.19. The molecule has 0 aliphatic heterocycles. The lowest BCUT2D eigenvalue weighted by molar-refractivity contribution is -0.138. The minimum absolute atomic E-state index is 0.183. The van der Waals surface area contributed by atoms with E-state index in [1.807, 2.05) is 0 Å². The number of esters is 1. The fourth-order valence-corrected chi connectivity index (χ4v) is 1.53. The Bertz CT molecular complexity index is 521. The summed E-state index contributed by atoms with van der Waals surface area (Å²) in [7, 11) is 0. The van der Waals surface area contributed by atoms with E-state index in [1.165, 1.54) is 6.92 Å². The highest BCUT2D eigenvalue weighted by Crippen LogP contribution is 2.21. The van der Waals surface area contributed by atoms with E-state index >= 15 is 0 Å². The van der Waals surface area contributed by atoms with Crippen molar-refractivity contribution >= 4 is 29.3 Å². The molecule has 5 nitrogen and oxygen atoms in total. The highest BCUT2D eigenvalue weighted by molar-refractivity contribution is 5.94. The molecule has 0 saturated heterocycles. The van der Waals surface area contributed by atoms with Crippen molar-refractivity contribution in [3.05, 3.63) is 29.3 Å². The van der Waals surface area contributed by atoms with Gasteiger partial charge < -0.3 is 15.8 Å². The van der Waals surface area contributed by atoms with Crippen LogP contribution in [0, 0.1) is 0 Å². The summed E-state index contributed by atoms with van der Waals surface area (Å²) in [5.74, 6) is -0.537. The number of hydrogen-bond donors (Lipinski definition) is 2. The van der Waals surface area contributed by atoms with E-state index in [9.17, 15) is 9.59 Å². The monoisotopic (exact) mass is 262 g/mol. The first kappa shape index (κ1) is 14.8. The van der Waals surface area contributed by atoms with Gasteiger partial charge in [0.05, 0.1) is 18.0 Å². The van der Waals surface area contributed by atoms with Crippen molar-refractivity contribution in [2.45, 2.75) is 20.8 Å². The number of hydrogen-bond acceptors (Lipinski definition) is 4. The maximum absolute atomic E-state index is 11.5. The lowest BCUT2D eigenvalue weighted by Crippen LogP contribution is -2.08. The maximum Gasteiger partial charge on any atom is 0.333 e. The van der Waals surface area contributed by atoms with E-state index in [0.717, 1.165) is 5.56 Å². The van der Waals surface area contributed by atoms with Crippen molar-refractivity contribution in [2.24, 2.45) is 0 Å². The summed E-state index contributed by atoms with van der Waals surface area (Å²) in [4.78, 5) is 22.4. The molecule has 102 valence electrons. The van der Waals surface area contributed by atoms with Crippen molar-refractivity contribution in [3.8, 4) is 0 Å². The molecule has 0 radical (unpaired) electrons. The lowest BCUT2D eigenvalue weighted by Gasteiger charge is -2.07. The predicted molar refractivity (Wildman–Crippen MR) is 75.4 cm³/mol. The second kappa shape index (κ2) is 6.58. The van der Waals surface area contributed by atoms with Gasteiger partial charge in [-0.15, -0.1) is 0 Å². The molecule has 1 amide bonds. The smallest absolute Gasteiger partial charge is 0.333 e. The summed E-state index contributed by atoms with van der Waals surface area (Å²) >= 11 is 0. The summed E-state index contributed by atoms with van der Waals surface area (Å²) in [6, 6.07) is 5.15. The van der Waals surface area contributed by atoms with Crippen molar-refractivity contribution < 1.29 is 14.3 Å². The van der Waals surface area contributed by atoms with Crippen LogP contribution >= 0.6 is 0 Å². The van der Waals surface area contributed by atoms with Crippen molar-refractivity contribution in [1.29, 1.82) is 0 Å². The van der Waals surface area contributed by atoms with Gasteiger partial charge in [-0.05, 0) is 37.6 Å². The molecule has 3 N–H and O–H groups in total. The third kappa shape index (κ3) is 4.46. The zero-order chi connectivity index (χ0) is 14.4.